The molecule has 8 aromatic carbocycles. The summed E-state index contributed by atoms with van der Waals surface area (Å²) >= 11 is 0. The van der Waals surface area contributed by atoms with Gasteiger partial charge in [0.05, 0.1) is 11.2 Å². The zero-order valence-electron chi connectivity index (χ0n) is 32.1. The predicted molar refractivity (Wildman–Crippen MR) is 239 cm³/mol. The molecule has 0 aliphatic heterocycles. The number of hydrogen-bond acceptors (Lipinski definition) is 5. The van der Waals surface area contributed by atoms with Crippen LogP contribution in [0.3, 0.4) is 0 Å². The Morgan fingerprint density at radius 3 is 1.53 bits per heavy atom. The molecule has 0 atom stereocenters. The molecule has 0 fully saturated rings. The minimum Gasteiger partial charge on any atom is -0.506 e. The average Bonchev–Trinajstić information content (AvgIpc) is 3.30. The van der Waals surface area contributed by atoms with E-state index in [2.05, 4.69) is 29.2 Å². The number of para-hydroxylation sites is 2. The van der Waals surface area contributed by atoms with Gasteiger partial charge in [0.1, 0.15) is 11.3 Å². The van der Waals surface area contributed by atoms with Crippen molar-refractivity contribution in [1.82, 2.24) is 4.57 Å². The monoisotopic (exact) mass is 927 g/mol. The second-order valence-electron chi connectivity index (χ2n) is 13.8. The molecule has 9 rings (SSSR count). The second kappa shape index (κ2) is 18.5. The number of rotatable bonds is 8. The Morgan fingerprint density at radius 1 is 0.525 bits per heavy atom. The molecule has 0 saturated heterocycles. The first kappa shape index (κ1) is 41.5. The number of hydrogen-bond donors (Lipinski definition) is 1. The summed E-state index contributed by atoms with van der Waals surface area (Å²) in [6, 6.07) is 67.7. The van der Waals surface area contributed by atoms with Gasteiger partial charge in [-0.25, -0.2) is 0 Å². The number of pyridine rings is 1. The summed E-state index contributed by atoms with van der Waals surface area (Å²) in [7, 11) is -1.17. The SMILES string of the molecule is Cn1c(=O)c(C(=O)c2ccc(N(c3ccccc3)c3cccc4ccccc34)cc2)c(O)c2ccccc21.O=P(c1ccccc1)(c1ccccc1)c1ccccc1.[Eu]. The first-order valence-corrected chi connectivity index (χ1v) is 20.6. The van der Waals surface area contributed by atoms with Crippen molar-refractivity contribution in [3.8, 4) is 5.75 Å². The normalized spacial score (nSPS) is 10.9. The van der Waals surface area contributed by atoms with Crippen LogP contribution in [0.4, 0.5) is 17.1 Å². The van der Waals surface area contributed by atoms with Crippen molar-refractivity contribution in [2.24, 2.45) is 7.05 Å². The molecule has 289 valence electrons. The quantitative estimate of drug-likeness (QED) is 0.121. The van der Waals surface area contributed by atoms with E-state index in [0.29, 0.717) is 16.5 Å². The van der Waals surface area contributed by atoms with E-state index in [4.69, 9.17) is 0 Å². The first-order chi connectivity index (χ1) is 28.4. The van der Waals surface area contributed by atoms with E-state index in [0.717, 1.165) is 43.7 Å². The van der Waals surface area contributed by atoms with E-state index in [-0.39, 0.29) is 60.7 Å². The Balaban J connectivity index is 0.000000212. The Hall–Kier alpha value is -5.69. The fourth-order valence-electron chi connectivity index (χ4n) is 7.36. The molecule has 8 heteroatoms. The molecule has 0 unspecified atom stereocenters. The summed E-state index contributed by atoms with van der Waals surface area (Å²) < 4.78 is 15.2. The van der Waals surface area contributed by atoms with Crippen LogP contribution in [0.5, 0.6) is 5.75 Å². The maximum Gasteiger partial charge on any atom is 0.265 e. The van der Waals surface area contributed by atoms with E-state index in [1.807, 2.05) is 152 Å². The molecule has 1 N–H and O–H groups in total. The first-order valence-electron chi connectivity index (χ1n) is 18.9. The summed E-state index contributed by atoms with van der Waals surface area (Å²) in [5.41, 5.74) is 2.97. The Kier molecular flexibility index (Phi) is 13.0. The third-order valence-corrected chi connectivity index (χ3v) is 13.3. The topological polar surface area (TPSA) is 79.6 Å². The predicted octanol–water partition coefficient (Wildman–Crippen LogP) is 10.4. The number of nitrogens with zero attached hydrogens (tertiary/aromatic N) is 2. The average molecular weight is 927 g/mol. The molecule has 59 heavy (non-hydrogen) atoms. The fraction of sp³-hybridized carbons (Fsp3) is 0.0196. The zero-order chi connectivity index (χ0) is 40.1. The summed E-state index contributed by atoms with van der Waals surface area (Å²) in [5, 5.41) is 16.2. The number of ketones is 1. The van der Waals surface area contributed by atoms with Crippen LogP contribution in [0, 0.1) is 49.4 Å². The van der Waals surface area contributed by atoms with Gasteiger partial charge in [0.2, 0.25) is 5.78 Å². The summed E-state index contributed by atoms with van der Waals surface area (Å²) in [4.78, 5) is 28.7. The minimum absolute atomic E-state index is 0. The van der Waals surface area contributed by atoms with Crippen molar-refractivity contribution >= 4 is 67.6 Å². The third-order valence-electron chi connectivity index (χ3n) is 10.3. The number of aromatic hydroxyl groups is 1. The van der Waals surface area contributed by atoms with Crippen LogP contribution in [0.2, 0.25) is 0 Å². The molecule has 6 nitrogen and oxygen atoms in total. The molecule has 0 spiro atoms. The van der Waals surface area contributed by atoms with Crippen molar-refractivity contribution in [1.29, 1.82) is 0 Å². The van der Waals surface area contributed by atoms with E-state index in [1.54, 1.807) is 43.4 Å². The van der Waals surface area contributed by atoms with E-state index in [1.165, 1.54) is 4.57 Å². The van der Waals surface area contributed by atoms with Gasteiger partial charge in [-0.15, -0.1) is 0 Å². The van der Waals surface area contributed by atoms with Crippen LogP contribution in [0.1, 0.15) is 15.9 Å². The van der Waals surface area contributed by atoms with Crippen LogP contribution in [0.25, 0.3) is 21.7 Å². The maximum absolute atomic E-state index is 13.8. The van der Waals surface area contributed by atoms with Gasteiger partial charge >= 0.3 is 0 Å². The molecule has 0 amide bonds. The van der Waals surface area contributed by atoms with E-state index < -0.39 is 18.5 Å². The van der Waals surface area contributed by atoms with Gasteiger partial charge in [0.15, 0.2) is 7.14 Å². The van der Waals surface area contributed by atoms with Gasteiger partial charge in [-0.2, -0.15) is 0 Å². The second-order valence-corrected chi connectivity index (χ2v) is 16.5. The molecule has 0 bridgehead atoms. The maximum atomic E-state index is 13.8. The third kappa shape index (κ3) is 8.30. The fourth-order valence-corrected chi connectivity index (χ4v) is 10.0. The van der Waals surface area contributed by atoms with Gasteiger partial charge in [-0.3, -0.25) is 9.59 Å². The Morgan fingerprint density at radius 2 is 0.966 bits per heavy atom. The smallest absolute Gasteiger partial charge is 0.265 e. The minimum atomic E-state index is -2.78. The van der Waals surface area contributed by atoms with E-state index in [9.17, 15) is 19.3 Å². The molecule has 0 saturated carbocycles. The molecule has 1 aromatic heterocycles. The van der Waals surface area contributed by atoms with Crippen LogP contribution in [-0.4, -0.2) is 15.5 Å². The number of anilines is 3. The molecule has 0 aliphatic rings. The van der Waals surface area contributed by atoms with Gasteiger partial charge in [-0.1, -0.05) is 158 Å². The number of benzene rings is 8. The molecule has 9 aromatic rings. The van der Waals surface area contributed by atoms with Crippen LogP contribution in [0.15, 0.2) is 217 Å². The van der Waals surface area contributed by atoms with Crippen molar-refractivity contribution in [3.63, 3.8) is 0 Å². The Labute approximate surface area is 384 Å². The largest absolute Gasteiger partial charge is 0.506 e. The van der Waals surface area contributed by atoms with Crippen LogP contribution in [-0.2, 0) is 11.6 Å². The molecule has 1 heterocycles. The zero-order valence-corrected chi connectivity index (χ0v) is 35.4. The number of aryl methyl sites for hydroxylation is 1. The standard InChI is InChI=1S/C33H24N2O3.C18H15OP.Eu/c1-34-28-16-8-7-15-27(28)32(37)30(33(34)38)31(36)23-18-20-25(21-19-23)35(24-12-3-2-4-13-24)29-17-9-11-22-10-5-6-14-26(22)29;19-20(16-10-4-1-5-11-16,17-12-6-2-7-13-17)18-14-8-3-9-15-18;/h2-21,37H,1H3;1-15H;. The van der Waals surface area contributed by atoms with Crippen LogP contribution >= 0.6 is 7.14 Å². The van der Waals surface area contributed by atoms with Crippen molar-refractivity contribution in [2.75, 3.05) is 4.90 Å². The van der Waals surface area contributed by atoms with E-state index >= 15 is 0 Å². The number of carbonyl (C=O) groups excluding carboxylic acids is 1. The van der Waals surface area contributed by atoms with Crippen molar-refractivity contribution in [2.45, 2.75) is 0 Å². The molecule has 0 aliphatic carbocycles. The van der Waals surface area contributed by atoms with Crippen molar-refractivity contribution < 1.29 is 63.8 Å². The number of carbonyl (C=O) groups is 1. The molecule has 1 radical (unpaired) electrons. The van der Waals surface area contributed by atoms with Gasteiger partial charge in [0, 0.05) is 100 Å². The summed E-state index contributed by atoms with van der Waals surface area (Å²) in [6.07, 6.45) is 0. The molecular weight excluding hydrogens is 888 g/mol. The number of aromatic nitrogens is 1. The summed E-state index contributed by atoms with van der Waals surface area (Å²) in [6.45, 7) is 0. The van der Waals surface area contributed by atoms with Gasteiger partial charge < -0.3 is 19.1 Å². The van der Waals surface area contributed by atoms with Gasteiger partial charge in [-0.05, 0) is 60.0 Å². The number of fused-ring (bicyclic) bond motifs is 2. The van der Waals surface area contributed by atoms with Crippen molar-refractivity contribution in [3.05, 3.63) is 234 Å². The van der Waals surface area contributed by atoms with Crippen LogP contribution < -0.4 is 26.4 Å². The van der Waals surface area contributed by atoms with Gasteiger partial charge in [0.25, 0.3) is 5.56 Å². The molecular formula is C51H39EuN2O4P. The summed E-state index contributed by atoms with van der Waals surface area (Å²) in [5.74, 6) is -0.809. The Bertz CT molecular complexity index is 2870.